The number of fused-ring (bicyclic) bond motifs is 1. The molecule has 0 aliphatic carbocycles. The van der Waals surface area contributed by atoms with Gasteiger partial charge in [-0.15, -0.1) is 0 Å². The summed E-state index contributed by atoms with van der Waals surface area (Å²) in [4.78, 5) is 2.38. The molecule has 7 nitrogen and oxygen atoms in total. The molecule has 2 aliphatic heterocycles. The standard InChI is InChI=1S/C26H37N3O4/c1-30-12-3-10-29-11-13-32-24-9-4-19(14-23(24)29)18-33-25-17-28-16-21(15-27)26(25)20-5-7-22(31-2)8-6-20/h4-9,14,21,25-26,28H,3,10-13,15-18,27H2,1-2H3/t21-,25-,26-/m0/s1. The van der Waals surface area contributed by atoms with Gasteiger partial charge >= 0.3 is 0 Å². The van der Waals surface area contributed by atoms with Gasteiger partial charge < -0.3 is 34.9 Å². The summed E-state index contributed by atoms with van der Waals surface area (Å²) in [7, 11) is 3.44. The number of benzene rings is 2. The van der Waals surface area contributed by atoms with Crippen molar-refractivity contribution >= 4 is 5.69 Å². The highest BCUT2D eigenvalue weighted by molar-refractivity contribution is 5.61. The van der Waals surface area contributed by atoms with Crippen LogP contribution in [0.1, 0.15) is 23.5 Å². The summed E-state index contributed by atoms with van der Waals surface area (Å²) in [6.07, 6.45) is 1.04. The van der Waals surface area contributed by atoms with Crippen LogP contribution in [-0.4, -0.2) is 66.3 Å². The molecule has 33 heavy (non-hydrogen) atoms. The van der Waals surface area contributed by atoms with Gasteiger partial charge in [0.15, 0.2) is 0 Å². The molecule has 2 aliphatic rings. The quantitative estimate of drug-likeness (QED) is 0.534. The number of ether oxygens (including phenoxy) is 4. The topological polar surface area (TPSA) is 78.2 Å². The molecule has 2 heterocycles. The summed E-state index contributed by atoms with van der Waals surface area (Å²) in [5, 5.41) is 3.51. The van der Waals surface area contributed by atoms with E-state index < -0.39 is 0 Å². The summed E-state index contributed by atoms with van der Waals surface area (Å²) in [5.74, 6) is 2.38. The molecule has 2 aromatic rings. The largest absolute Gasteiger partial charge is 0.497 e. The minimum atomic E-state index is 0.0470. The molecule has 0 unspecified atom stereocenters. The molecule has 1 fully saturated rings. The second-order valence-electron chi connectivity index (χ2n) is 8.79. The van der Waals surface area contributed by atoms with Crippen molar-refractivity contribution in [1.29, 1.82) is 0 Å². The monoisotopic (exact) mass is 455 g/mol. The van der Waals surface area contributed by atoms with Crippen molar-refractivity contribution < 1.29 is 18.9 Å². The van der Waals surface area contributed by atoms with Crippen LogP contribution in [0.15, 0.2) is 42.5 Å². The zero-order chi connectivity index (χ0) is 23.0. The lowest BCUT2D eigenvalue weighted by atomic mass is 9.79. The summed E-state index contributed by atoms with van der Waals surface area (Å²) in [5.41, 5.74) is 9.70. The van der Waals surface area contributed by atoms with E-state index in [2.05, 4.69) is 40.5 Å². The molecule has 0 spiro atoms. The Bertz CT molecular complexity index is 876. The Labute approximate surface area is 197 Å². The van der Waals surface area contributed by atoms with Crippen LogP contribution in [0.2, 0.25) is 0 Å². The van der Waals surface area contributed by atoms with E-state index in [-0.39, 0.29) is 12.0 Å². The predicted molar refractivity (Wildman–Crippen MR) is 130 cm³/mol. The predicted octanol–water partition coefficient (Wildman–Crippen LogP) is 2.78. The molecule has 180 valence electrons. The molecule has 3 atom stereocenters. The van der Waals surface area contributed by atoms with E-state index in [1.54, 1.807) is 14.2 Å². The first-order valence-electron chi connectivity index (χ1n) is 11.9. The van der Waals surface area contributed by atoms with Crippen molar-refractivity contribution in [1.82, 2.24) is 5.32 Å². The average molecular weight is 456 g/mol. The first kappa shape index (κ1) is 23.8. The maximum Gasteiger partial charge on any atom is 0.142 e. The molecule has 3 N–H and O–H groups in total. The second-order valence-corrected chi connectivity index (χ2v) is 8.79. The lowest BCUT2D eigenvalue weighted by molar-refractivity contribution is -0.00474. The lowest BCUT2D eigenvalue weighted by Crippen LogP contribution is -2.49. The molecule has 7 heteroatoms. The van der Waals surface area contributed by atoms with Crippen LogP contribution in [0.25, 0.3) is 0 Å². The fourth-order valence-corrected chi connectivity index (χ4v) is 4.92. The van der Waals surface area contributed by atoms with Gasteiger partial charge in [-0.1, -0.05) is 18.2 Å². The third-order valence-corrected chi connectivity index (χ3v) is 6.69. The Kier molecular flexibility index (Phi) is 8.45. The van der Waals surface area contributed by atoms with E-state index in [1.165, 1.54) is 5.56 Å². The number of piperidine rings is 1. The normalized spacial score (nSPS) is 22.5. The van der Waals surface area contributed by atoms with Gasteiger partial charge in [0.1, 0.15) is 18.1 Å². The van der Waals surface area contributed by atoms with E-state index in [1.807, 2.05) is 12.1 Å². The molecule has 0 aromatic heterocycles. The number of methoxy groups -OCH3 is 2. The highest BCUT2D eigenvalue weighted by atomic mass is 16.5. The third-order valence-electron chi connectivity index (χ3n) is 6.69. The van der Waals surface area contributed by atoms with E-state index in [9.17, 15) is 0 Å². The summed E-state index contributed by atoms with van der Waals surface area (Å²) in [6.45, 7) is 6.21. The van der Waals surface area contributed by atoms with Crippen LogP contribution in [0, 0.1) is 5.92 Å². The van der Waals surface area contributed by atoms with Crippen molar-refractivity contribution in [2.75, 3.05) is 65.1 Å². The number of rotatable bonds is 10. The lowest BCUT2D eigenvalue weighted by Gasteiger charge is -2.38. The first-order valence-corrected chi connectivity index (χ1v) is 11.9. The minimum Gasteiger partial charge on any atom is -0.497 e. The fourth-order valence-electron chi connectivity index (χ4n) is 4.92. The molecule has 0 radical (unpaired) electrons. The smallest absolute Gasteiger partial charge is 0.142 e. The Morgan fingerprint density at radius 1 is 1.12 bits per heavy atom. The van der Waals surface area contributed by atoms with E-state index in [4.69, 9.17) is 24.7 Å². The SMILES string of the molecule is COCCCN1CCOc2ccc(CO[C@H]3CNC[C@H](CN)[C@@H]3c3ccc(OC)cc3)cc21. The molecule has 0 amide bonds. The highest BCUT2D eigenvalue weighted by Crippen LogP contribution is 2.35. The van der Waals surface area contributed by atoms with E-state index in [0.717, 1.165) is 62.0 Å². The van der Waals surface area contributed by atoms with E-state index >= 15 is 0 Å². The molecule has 0 bridgehead atoms. The van der Waals surface area contributed by atoms with Gasteiger partial charge in [-0.3, -0.25) is 0 Å². The Morgan fingerprint density at radius 2 is 1.97 bits per heavy atom. The first-order chi connectivity index (χ1) is 16.2. The van der Waals surface area contributed by atoms with Gasteiger partial charge in [0, 0.05) is 32.7 Å². The van der Waals surface area contributed by atoms with Crippen LogP contribution in [0.3, 0.4) is 0 Å². The number of anilines is 1. The van der Waals surface area contributed by atoms with Crippen LogP contribution >= 0.6 is 0 Å². The molecular weight excluding hydrogens is 418 g/mol. The Balaban J connectivity index is 1.47. The van der Waals surface area contributed by atoms with Crippen molar-refractivity contribution in [3.05, 3.63) is 53.6 Å². The van der Waals surface area contributed by atoms with Crippen LogP contribution in [0.4, 0.5) is 5.69 Å². The third kappa shape index (κ3) is 5.79. The summed E-state index contributed by atoms with van der Waals surface area (Å²) >= 11 is 0. The van der Waals surface area contributed by atoms with Gasteiger partial charge in [-0.2, -0.15) is 0 Å². The number of nitrogens with two attached hydrogens (primary N) is 1. The maximum absolute atomic E-state index is 6.52. The second kappa shape index (κ2) is 11.7. The highest BCUT2D eigenvalue weighted by Gasteiger charge is 2.34. The summed E-state index contributed by atoms with van der Waals surface area (Å²) < 4.78 is 23.0. The minimum absolute atomic E-state index is 0.0470. The molecule has 0 saturated carbocycles. The van der Waals surface area contributed by atoms with Gasteiger partial charge in [0.25, 0.3) is 0 Å². The number of nitrogens with zero attached hydrogens (tertiary/aromatic N) is 1. The fraction of sp³-hybridized carbons (Fsp3) is 0.538. The number of nitrogens with one attached hydrogen (secondary N) is 1. The van der Waals surface area contributed by atoms with Crippen molar-refractivity contribution in [2.45, 2.75) is 25.0 Å². The molecular formula is C26H37N3O4. The van der Waals surface area contributed by atoms with Gasteiger partial charge in [-0.05, 0) is 60.8 Å². The van der Waals surface area contributed by atoms with Crippen molar-refractivity contribution in [3.63, 3.8) is 0 Å². The maximum atomic E-state index is 6.52. The van der Waals surface area contributed by atoms with Gasteiger partial charge in [0.2, 0.25) is 0 Å². The van der Waals surface area contributed by atoms with Crippen LogP contribution < -0.4 is 25.4 Å². The van der Waals surface area contributed by atoms with Crippen LogP contribution in [0.5, 0.6) is 11.5 Å². The van der Waals surface area contributed by atoms with E-state index in [0.29, 0.717) is 25.7 Å². The van der Waals surface area contributed by atoms with Crippen molar-refractivity contribution in [3.8, 4) is 11.5 Å². The number of hydrogen-bond donors (Lipinski definition) is 2. The number of hydrogen-bond acceptors (Lipinski definition) is 7. The zero-order valence-electron chi connectivity index (χ0n) is 19.8. The van der Waals surface area contributed by atoms with Crippen LogP contribution in [-0.2, 0) is 16.1 Å². The summed E-state index contributed by atoms with van der Waals surface area (Å²) in [6, 6.07) is 14.7. The van der Waals surface area contributed by atoms with Gasteiger partial charge in [0.05, 0.1) is 32.1 Å². The molecule has 4 rings (SSSR count). The Hall–Kier alpha value is -2.32. The van der Waals surface area contributed by atoms with Gasteiger partial charge in [-0.25, -0.2) is 0 Å². The Morgan fingerprint density at radius 3 is 2.73 bits per heavy atom. The molecule has 1 saturated heterocycles. The van der Waals surface area contributed by atoms with Crippen molar-refractivity contribution in [2.24, 2.45) is 11.7 Å². The zero-order valence-corrected chi connectivity index (χ0v) is 19.8. The average Bonchev–Trinajstić information content (AvgIpc) is 2.87. The molecule has 2 aromatic carbocycles.